The number of ether oxygens (including phenoxy) is 1. The molecule has 2 aromatic heterocycles. The first-order valence-corrected chi connectivity index (χ1v) is 14.3. The van der Waals surface area contributed by atoms with Gasteiger partial charge in [0.15, 0.2) is 0 Å². The summed E-state index contributed by atoms with van der Waals surface area (Å²) in [6.45, 7) is 4.29. The Morgan fingerprint density at radius 1 is 0.973 bits per heavy atom. The molecular formula is C27H29ClN4O4S. The normalized spacial score (nSPS) is 14.9. The number of sulfonamides is 1. The molecule has 0 radical (unpaired) electrons. The van der Waals surface area contributed by atoms with E-state index in [4.69, 9.17) is 21.3 Å². The van der Waals surface area contributed by atoms with Gasteiger partial charge in [0.2, 0.25) is 15.8 Å². The summed E-state index contributed by atoms with van der Waals surface area (Å²) in [5.74, 6) is 0.550. The monoisotopic (exact) mass is 540 g/mol. The molecule has 0 unspecified atom stereocenters. The second-order valence-electron chi connectivity index (χ2n) is 9.07. The van der Waals surface area contributed by atoms with Crippen LogP contribution in [0.15, 0.2) is 70.5 Å². The summed E-state index contributed by atoms with van der Waals surface area (Å²) in [6, 6.07) is 15.7. The molecule has 0 bridgehead atoms. The van der Waals surface area contributed by atoms with Gasteiger partial charge in [-0.25, -0.2) is 13.4 Å². The van der Waals surface area contributed by atoms with Crippen LogP contribution in [0, 0.1) is 0 Å². The second-order valence-corrected chi connectivity index (χ2v) is 11.4. The van der Waals surface area contributed by atoms with E-state index in [9.17, 15) is 13.2 Å². The molecule has 3 heterocycles. The minimum Gasteiger partial charge on any atom is -0.379 e. The summed E-state index contributed by atoms with van der Waals surface area (Å²) in [7, 11) is -3.60. The van der Waals surface area contributed by atoms with Gasteiger partial charge in [0.1, 0.15) is 0 Å². The van der Waals surface area contributed by atoms with E-state index in [0.717, 1.165) is 30.4 Å². The highest BCUT2D eigenvalue weighted by molar-refractivity contribution is 7.89. The Labute approximate surface area is 221 Å². The number of aromatic nitrogens is 3. The van der Waals surface area contributed by atoms with Crippen molar-refractivity contribution in [2.24, 2.45) is 0 Å². The molecule has 5 rings (SSSR count). The van der Waals surface area contributed by atoms with Crippen LogP contribution in [0.25, 0.3) is 28.3 Å². The maximum absolute atomic E-state index is 13.2. The van der Waals surface area contributed by atoms with Crippen LogP contribution in [0.5, 0.6) is 0 Å². The van der Waals surface area contributed by atoms with Crippen molar-refractivity contribution in [2.75, 3.05) is 26.3 Å². The van der Waals surface area contributed by atoms with Crippen molar-refractivity contribution in [2.45, 2.75) is 37.6 Å². The summed E-state index contributed by atoms with van der Waals surface area (Å²) >= 11 is 6.05. The van der Waals surface area contributed by atoms with Gasteiger partial charge >= 0.3 is 0 Å². The molecular weight excluding hydrogens is 512 g/mol. The largest absolute Gasteiger partial charge is 0.379 e. The minimum absolute atomic E-state index is 0.200. The first-order valence-electron chi connectivity index (χ1n) is 12.5. The third kappa shape index (κ3) is 5.22. The summed E-state index contributed by atoms with van der Waals surface area (Å²) < 4.78 is 36.5. The minimum atomic E-state index is -3.60. The lowest BCUT2D eigenvalue weighted by molar-refractivity contribution is 0.0730. The van der Waals surface area contributed by atoms with Gasteiger partial charge in [-0.1, -0.05) is 55.6 Å². The first-order chi connectivity index (χ1) is 17.9. The molecule has 4 aromatic rings. The van der Waals surface area contributed by atoms with E-state index in [1.807, 2.05) is 16.7 Å². The zero-order valence-corrected chi connectivity index (χ0v) is 22.2. The molecule has 0 saturated carbocycles. The molecule has 10 heteroatoms. The highest BCUT2D eigenvalue weighted by Gasteiger charge is 2.26. The van der Waals surface area contributed by atoms with E-state index in [1.54, 1.807) is 53.1 Å². The van der Waals surface area contributed by atoms with Crippen molar-refractivity contribution in [3.63, 3.8) is 0 Å². The molecule has 1 fully saturated rings. The van der Waals surface area contributed by atoms with Gasteiger partial charge in [-0.2, -0.15) is 4.31 Å². The van der Waals surface area contributed by atoms with Crippen molar-refractivity contribution in [3.8, 4) is 22.5 Å². The number of imidazole rings is 1. The summed E-state index contributed by atoms with van der Waals surface area (Å²) in [4.78, 5) is 18.2. The van der Waals surface area contributed by atoms with Crippen molar-refractivity contribution in [1.82, 2.24) is 18.3 Å². The number of hydrogen-bond donors (Lipinski definition) is 0. The van der Waals surface area contributed by atoms with Crippen LogP contribution in [-0.4, -0.2) is 53.0 Å². The fraction of sp³-hybridized carbons (Fsp3) is 0.333. The van der Waals surface area contributed by atoms with Crippen LogP contribution in [0.4, 0.5) is 0 Å². The van der Waals surface area contributed by atoms with Gasteiger partial charge in [-0.15, -0.1) is 0 Å². The summed E-state index contributed by atoms with van der Waals surface area (Å²) in [5.41, 5.74) is 2.81. The molecule has 1 saturated heterocycles. The lowest BCUT2D eigenvalue weighted by Crippen LogP contribution is -2.40. The second kappa shape index (κ2) is 10.8. The van der Waals surface area contributed by atoms with E-state index in [0.29, 0.717) is 55.0 Å². The van der Waals surface area contributed by atoms with Gasteiger partial charge in [0.05, 0.1) is 29.5 Å². The van der Waals surface area contributed by atoms with Gasteiger partial charge < -0.3 is 9.30 Å². The molecule has 0 atom stereocenters. The predicted octanol–water partition coefficient (Wildman–Crippen LogP) is 4.69. The van der Waals surface area contributed by atoms with E-state index in [1.165, 1.54) is 4.31 Å². The number of hydrogen-bond acceptors (Lipinski definition) is 5. The molecule has 1 aliphatic heterocycles. The van der Waals surface area contributed by atoms with Crippen LogP contribution in [-0.2, 0) is 21.3 Å². The SMILES string of the molecule is CCCCCn1c(-c2ccc(S(=O)(=O)N3CCOCC3)cc2)cc(=O)n2cc(-c3ccc(Cl)cc3)nc12. The van der Waals surface area contributed by atoms with Crippen LogP contribution in [0.2, 0.25) is 5.02 Å². The Bertz CT molecular complexity index is 1560. The summed E-state index contributed by atoms with van der Waals surface area (Å²) in [5, 5.41) is 0.632. The number of benzene rings is 2. The standard InChI is InChI=1S/C27H29ClN4O4S/c1-2-3-4-13-31-25(21-7-11-23(12-8-21)37(34,35)30-14-16-36-17-15-30)18-26(33)32-19-24(29-27(31)32)20-5-9-22(28)10-6-20/h5-12,18-19H,2-4,13-17H2,1H3. The van der Waals surface area contributed by atoms with Crippen LogP contribution < -0.4 is 5.56 Å². The maximum Gasteiger partial charge on any atom is 0.259 e. The molecule has 0 N–H and O–H groups in total. The van der Waals surface area contributed by atoms with Gasteiger partial charge in [0, 0.05) is 42.5 Å². The third-order valence-electron chi connectivity index (χ3n) is 6.60. The Morgan fingerprint density at radius 2 is 1.65 bits per heavy atom. The van der Waals surface area contributed by atoms with Crippen molar-refractivity contribution >= 4 is 27.4 Å². The van der Waals surface area contributed by atoms with Crippen LogP contribution in [0.3, 0.4) is 0 Å². The fourth-order valence-corrected chi connectivity index (χ4v) is 6.10. The van der Waals surface area contributed by atoms with Gasteiger partial charge in [0.25, 0.3) is 5.56 Å². The number of rotatable bonds is 8. The highest BCUT2D eigenvalue weighted by atomic mass is 35.5. The zero-order chi connectivity index (χ0) is 26.0. The highest BCUT2D eigenvalue weighted by Crippen LogP contribution is 2.26. The number of fused-ring (bicyclic) bond motifs is 1. The number of nitrogens with zero attached hydrogens (tertiary/aromatic N) is 4. The molecule has 0 aliphatic carbocycles. The first kappa shape index (κ1) is 25.7. The number of morpholine rings is 1. The topological polar surface area (TPSA) is 85.9 Å². The molecule has 8 nitrogen and oxygen atoms in total. The van der Waals surface area contributed by atoms with E-state index in [-0.39, 0.29) is 10.5 Å². The van der Waals surface area contributed by atoms with Crippen LogP contribution >= 0.6 is 11.6 Å². The molecule has 194 valence electrons. The summed E-state index contributed by atoms with van der Waals surface area (Å²) in [6.07, 6.45) is 4.78. The predicted molar refractivity (Wildman–Crippen MR) is 144 cm³/mol. The number of aryl methyl sites for hydroxylation is 1. The van der Waals surface area contributed by atoms with E-state index in [2.05, 4.69) is 6.92 Å². The molecule has 0 spiro atoms. The average Bonchev–Trinajstić information content (AvgIpc) is 3.37. The lowest BCUT2D eigenvalue weighted by Gasteiger charge is -2.26. The fourth-order valence-electron chi connectivity index (χ4n) is 4.57. The molecule has 37 heavy (non-hydrogen) atoms. The Kier molecular flexibility index (Phi) is 7.48. The third-order valence-corrected chi connectivity index (χ3v) is 8.77. The van der Waals surface area contributed by atoms with Crippen LogP contribution in [0.1, 0.15) is 26.2 Å². The Morgan fingerprint density at radius 3 is 2.32 bits per heavy atom. The Hall–Kier alpha value is -2.98. The molecule has 1 aliphatic rings. The van der Waals surface area contributed by atoms with Crippen molar-refractivity contribution in [3.05, 3.63) is 76.2 Å². The number of unbranched alkanes of at least 4 members (excludes halogenated alkanes) is 2. The molecule has 2 aromatic carbocycles. The zero-order valence-electron chi connectivity index (χ0n) is 20.6. The van der Waals surface area contributed by atoms with Gasteiger partial charge in [-0.05, 0) is 36.2 Å². The Balaban J connectivity index is 1.57. The number of halogens is 1. The van der Waals surface area contributed by atoms with E-state index < -0.39 is 10.0 Å². The maximum atomic E-state index is 13.2. The smallest absolute Gasteiger partial charge is 0.259 e. The quantitative estimate of drug-likeness (QED) is 0.302. The molecule has 0 amide bonds. The van der Waals surface area contributed by atoms with Gasteiger partial charge in [-0.3, -0.25) is 9.20 Å². The van der Waals surface area contributed by atoms with E-state index >= 15 is 0 Å². The van der Waals surface area contributed by atoms with Crippen molar-refractivity contribution in [1.29, 1.82) is 0 Å². The lowest BCUT2D eigenvalue weighted by atomic mass is 10.1. The average molecular weight is 541 g/mol. The van der Waals surface area contributed by atoms with Crippen molar-refractivity contribution < 1.29 is 13.2 Å².